The molecule has 286 valence electrons. The van der Waals surface area contributed by atoms with Gasteiger partial charge in [0.1, 0.15) is 17.9 Å². The molecule has 2 aliphatic heterocycles. The molecule has 2 aliphatic rings. The van der Waals surface area contributed by atoms with Crippen molar-refractivity contribution in [3.05, 3.63) is 78.4 Å². The summed E-state index contributed by atoms with van der Waals surface area (Å²) in [5.74, 6) is 0.304. The molecule has 4 atom stereocenters. The molecular weight excluding hydrogens is 686 g/mol. The van der Waals surface area contributed by atoms with Crippen LogP contribution >= 0.6 is 0 Å². The molecule has 13 nitrogen and oxygen atoms in total. The van der Waals surface area contributed by atoms with Crippen molar-refractivity contribution in [2.24, 2.45) is 11.8 Å². The first-order valence-electron chi connectivity index (χ1n) is 18.7. The fraction of sp³-hybridized carbons (Fsp3) is 0.439. The molecule has 0 aliphatic carbocycles. The summed E-state index contributed by atoms with van der Waals surface area (Å²) in [6.07, 6.45) is 3.94. The Balaban J connectivity index is 1.11. The van der Waals surface area contributed by atoms with Crippen LogP contribution in [0.15, 0.2) is 66.9 Å². The molecule has 6 rings (SSSR count). The molecule has 0 unspecified atom stereocenters. The zero-order chi connectivity index (χ0) is 38.5. The molecule has 0 bridgehead atoms. The number of amides is 4. The van der Waals surface area contributed by atoms with Crippen molar-refractivity contribution >= 4 is 24.0 Å². The van der Waals surface area contributed by atoms with E-state index in [2.05, 4.69) is 74.1 Å². The normalized spacial score (nSPS) is 18.1. The first-order valence-corrected chi connectivity index (χ1v) is 18.7. The zero-order valence-electron chi connectivity index (χ0n) is 31.8. The van der Waals surface area contributed by atoms with Crippen LogP contribution in [0, 0.1) is 11.8 Å². The Morgan fingerprint density at radius 2 is 1.11 bits per heavy atom. The first-order chi connectivity index (χ1) is 26.0. The van der Waals surface area contributed by atoms with Crippen molar-refractivity contribution in [1.29, 1.82) is 0 Å². The van der Waals surface area contributed by atoms with Crippen molar-refractivity contribution in [3.8, 4) is 33.6 Å². The van der Waals surface area contributed by atoms with E-state index in [1.165, 1.54) is 14.2 Å². The smallest absolute Gasteiger partial charge is 0.407 e. The molecule has 0 saturated carbocycles. The average molecular weight is 738 g/mol. The molecule has 2 fully saturated rings. The summed E-state index contributed by atoms with van der Waals surface area (Å²) in [6, 6.07) is 19.1. The Labute approximate surface area is 316 Å². The fourth-order valence-electron chi connectivity index (χ4n) is 7.54. The first kappa shape index (κ1) is 38.1. The summed E-state index contributed by atoms with van der Waals surface area (Å²) in [7, 11) is 2.59. The van der Waals surface area contributed by atoms with E-state index in [0.717, 1.165) is 70.8 Å². The summed E-state index contributed by atoms with van der Waals surface area (Å²) >= 11 is 0. The predicted molar refractivity (Wildman–Crippen MR) is 205 cm³/mol. The van der Waals surface area contributed by atoms with E-state index in [1.54, 1.807) is 6.20 Å². The number of nitrogens with zero attached hydrogens (tertiary/aromatic N) is 3. The van der Waals surface area contributed by atoms with Gasteiger partial charge in [-0.25, -0.2) is 14.6 Å². The molecule has 13 heteroatoms. The van der Waals surface area contributed by atoms with E-state index in [4.69, 9.17) is 9.47 Å². The van der Waals surface area contributed by atoms with Gasteiger partial charge in [-0.2, -0.15) is 0 Å². The minimum absolute atomic E-state index is 0.0837. The van der Waals surface area contributed by atoms with Crippen LogP contribution in [0.25, 0.3) is 33.6 Å². The summed E-state index contributed by atoms with van der Waals surface area (Å²) in [5, 5.41) is 5.41. The van der Waals surface area contributed by atoms with Gasteiger partial charge < -0.3 is 39.9 Å². The maximum absolute atomic E-state index is 13.5. The van der Waals surface area contributed by atoms with Crippen LogP contribution in [0.5, 0.6) is 0 Å². The topological polar surface area (TPSA) is 162 Å². The van der Waals surface area contributed by atoms with Crippen LogP contribution in [-0.4, -0.2) is 88.1 Å². The van der Waals surface area contributed by atoms with E-state index in [0.29, 0.717) is 13.1 Å². The summed E-state index contributed by atoms with van der Waals surface area (Å²) in [6.45, 7) is 8.86. The second kappa shape index (κ2) is 16.6. The second-order valence-corrected chi connectivity index (χ2v) is 14.8. The maximum Gasteiger partial charge on any atom is 0.407 e. The van der Waals surface area contributed by atoms with E-state index < -0.39 is 24.3 Å². The van der Waals surface area contributed by atoms with Crippen molar-refractivity contribution in [2.45, 2.75) is 77.5 Å². The van der Waals surface area contributed by atoms with Crippen LogP contribution in [0.4, 0.5) is 9.59 Å². The lowest BCUT2D eigenvalue weighted by atomic mass is 10.0. The lowest BCUT2D eigenvalue weighted by Gasteiger charge is -2.30. The number of hydrogen-bond acceptors (Lipinski definition) is 7. The number of carbonyl (C=O) groups excluding carboxylic acids is 4. The van der Waals surface area contributed by atoms with Gasteiger partial charge in [0.2, 0.25) is 11.8 Å². The van der Waals surface area contributed by atoms with E-state index in [-0.39, 0.29) is 35.7 Å². The molecule has 4 heterocycles. The molecule has 0 radical (unpaired) electrons. The number of ether oxygens (including phenoxy) is 2. The van der Waals surface area contributed by atoms with E-state index in [1.807, 2.05) is 49.6 Å². The van der Waals surface area contributed by atoms with Gasteiger partial charge in [-0.3, -0.25) is 9.59 Å². The molecular formula is C41H51N7O6. The number of methoxy groups -OCH3 is 2. The number of carbonyl (C=O) groups is 4. The van der Waals surface area contributed by atoms with E-state index >= 15 is 0 Å². The molecule has 2 saturated heterocycles. The Hall–Kier alpha value is -5.59. The van der Waals surface area contributed by atoms with Crippen molar-refractivity contribution in [2.75, 3.05) is 27.3 Å². The quantitative estimate of drug-likeness (QED) is 0.131. The third-order valence-corrected chi connectivity index (χ3v) is 10.6. The van der Waals surface area contributed by atoms with Crippen molar-refractivity contribution in [1.82, 2.24) is 35.4 Å². The minimum atomic E-state index is -0.684. The highest BCUT2D eigenvalue weighted by molar-refractivity contribution is 5.87. The molecule has 0 spiro atoms. The minimum Gasteiger partial charge on any atom is -0.453 e. The number of aromatic nitrogens is 3. The van der Waals surface area contributed by atoms with E-state index in [9.17, 15) is 19.2 Å². The third kappa shape index (κ3) is 8.14. The molecule has 4 aromatic rings. The third-order valence-electron chi connectivity index (χ3n) is 10.6. The number of H-pyrrole nitrogens is 2. The van der Waals surface area contributed by atoms with Gasteiger partial charge >= 0.3 is 12.2 Å². The number of alkyl carbamates (subject to hydrolysis) is 2. The molecule has 2 aromatic carbocycles. The number of imidazole rings is 1. The fourth-order valence-corrected chi connectivity index (χ4v) is 7.54. The predicted octanol–water partition coefficient (Wildman–Crippen LogP) is 6.83. The van der Waals surface area contributed by atoms with Gasteiger partial charge in [-0.05, 0) is 71.9 Å². The maximum atomic E-state index is 13.5. The largest absolute Gasteiger partial charge is 0.453 e. The highest BCUT2D eigenvalue weighted by Crippen LogP contribution is 2.36. The van der Waals surface area contributed by atoms with Gasteiger partial charge in [0, 0.05) is 24.5 Å². The zero-order valence-corrected chi connectivity index (χ0v) is 31.8. The van der Waals surface area contributed by atoms with Crippen LogP contribution < -0.4 is 10.6 Å². The number of benzene rings is 2. The Bertz CT molecular complexity index is 1790. The monoisotopic (exact) mass is 737 g/mol. The van der Waals surface area contributed by atoms with Gasteiger partial charge in [0.25, 0.3) is 0 Å². The molecule has 4 N–H and O–H groups in total. The van der Waals surface area contributed by atoms with Crippen molar-refractivity contribution < 1.29 is 28.7 Å². The standard InChI is InChI=1S/C41H51N7O6/c1-24(2)35(45-40(51)53-5)38(49)47-21-7-9-33(47)31-20-19-30(43-31)28-15-11-26(12-16-28)27-13-17-29(18-14-27)32-23-42-37(44-32)34-10-8-22-48(34)39(50)36(25(3)4)46-41(52)54-6/h11-20,23-25,33-36,43H,7-10,21-22H2,1-6H3,(H,42,44)(H,45,51)(H,46,52)/t33-,34-,35-,36-/m0/s1. The second-order valence-electron chi connectivity index (χ2n) is 14.8. The Kier molecular flexibility index (Phi) is 11.7. The van der Waals surface area contributed by atoms with Crippen LogP contribution in [0.3, 0.4) is 0 Å². The number of aromatic amines is 2. The Morgan fingerprint density at radius 3 is 1.61 bits per heavy atom. The molecule has 4 amide bonds. The van der Waals surface area contributed by atoms with Crippen LogP contribution in [0.2, 0.25) is 0 Å². The number of hydrogen-bond donors (Lipinski definition) is 4. The number of nitrogens with one attached hydrogen (secondary N) is 4. The number of rotatable bonds is 11. The summed E-state index contributed by atoms with van der Waals surface area (Å²) in [5.41, 5.74) is 6.98. The highest BCUT2D eigenvalue weighted by atomic mass is 16.5. The lowest BCUT2D eigenvalue weighted by molar-refractivity contribution is -0.136. The van der Waals surface area contributed by atoms with Crippen LogP contribution in [0.1, 0.15) is 77.0 Å². The molecule has 54 heavy (non-hydrogen) atoms. The average Bonchev–Trinajstić information content (AvgIpc) is 4.02. The SMILES string of the molecule is COC(=O)N[C@H](C(=O)N1CCC[C@H]1c1ccc(-c2ccc(-c3ccc(-c4cnc([C@@H]5CCCN5C(=O)[C@@H](NC(=O)OC)C(C)C)[nH]4)cc3)cc2)[nH]1)C(C)C. The molecule has 2 aromatic heterocycles. The van der Waals surface area contributed by atoms with Gasteiger partial charge in [-0.1, -0.05) is 76.2 Å². The highest BCUT2D eigenvalue weighted by Gasteiger charge is 2.38. The number of likely N-dealkylation sites (tertiary alicyclic amines) is 2. The van der Waals surface area contributed by atoms with Gasteiger partial charge in [0.05, 0.1) is 38.2 Å². The van der Waals surface area contributed by atoms with Crippen molar-refractivity contribution in [3.63, 3.8) is 0 Å². The van der Waals surface area contributed by atoms with Gasteiger partial charge in [-0.15, -0.1) is 0 Å². The van der Waals surface area contributed by atoms with Crippen LogP contribution in [-0.2, 0) is 19.1 Å². The Morgan fingerprint density at radius 1 is 0.648 bits per heavy atom. The summed E-state index contributed by atoms with van der Waals surface area (Å²) in [4.78, 5) is 66.3. The van der Waals surface area contributed by atoms with Gasteiger partial charge in [0.15, 0.2) is 0 Å². The lowest BCUT2D eigenvalue weighted by Crippen LogP contribution is -2.51. The summed E-state index contributed by atoms with van der Waals surface area (Å²) < 4.78 is 9.51.